The molecule has 2 rings (SSSR count). The van der Waals surface area contributed by atoms with Gasteiger partial charge >= 0.3 is 0 Å². The van der Waals surface area contributed by atoms with Crippen LogP contribution in [0.4, 0.5) is 0 Å². The van der Waals surface area contributed by atoms with E-state index in [2.05, 4.69) is 16.8 Å². The monoisotopic (exact) mass is 268 g/mol. The molecule has 1 fully saturated rings. The van der Waals surface area contributed by atoms with Gasteiger partial charge in [0.1, 0.15) is 5.82 Å². The van der Waals surface area contributed by atoms with E-state index in [1.54, 1.807) is 11.8 Å². The summed E-state index contributed by atoms with van der Waals surface area (Å²) in [6, 6.07) is 0. The minimum absolute atomic E-state index is 0.415. The molecule has 0 saturated carbocycles. The second-order valence-corrected chi connectivity index (χ2v) is 5.43. The van der Waals surface area contributed by atoms with Gasteiger partial charge in [0.05, 0.1) is 6.54 Å². The molecule has 2 heterocycles. The largest absolute Gasteiger partial charge is 0.381 e. The molecule has 5 nitrogen and oxygen atoms in total. The van der Waals surface area contributed by atoms with E-state index >= 15 is 0 Å². The van der Waals surface area contributed by atoms with Gasteiger partial charge in [-0.05, 0) is 18.8 Å². The summed E-state index contributed by atoms with van der Waals surface area (Å²) in [4.78, 5) is 0. The van der Waals surface area contributed by atoms with Crippen molar-refractivity contribution in [3.63, 3.8) is 0 Å². The second-order valence-electron chi connectivity index (χ2n) is 4.37. The van der Waals surface area contributed by atoms with Crippen LogP contribution in [0, 0.1) is 5.92 Å². The maximum Gasteiger partial charge on any atom is 0.191 e. The van der Waals surface area contributed by atoms with Gasteiger partial charge in [0.25, 0.3) is 0 Å². The lowest BCUT2D eigenvalue weighted by Crippen LogP contribution is -2.09. The molecule has 100 valence electrons. The predicted octanol–water partition coefficient (Wildman–Crippen LogP) is 1.44. The van der Waals surface area contributed by atoms with Crippen LogP contribution in [0.5, 0.6) is 0 Å². The topological polar surface area (TPSA) is 66.0 Å². The van der Waals surface area contributed by atoms with Gasteiger partial charge in [0, 0.05) is 25.5 Å². The van der Waals surface area contributed by atoms with Crippen molar-refractivity contribution in [2.24, 2.45) is 11.7 Å². The molecular weight excluding hydrogens is 248 g/mol. The van der Waals surface area contributed by atoms with Crippen LogP contribution in [0.2, 0.25) is 0 Å². The maximum atomic E-state index is 5.64. The second kappa shape index (κ2) is 6.92. The number of hydrogen-bond acceptors (Lipinski definition) is 5. The minimum atomic E-state index is 0.415. The summed E-state index contributed by atoms with van der Waals surface area (Å²) in [5.41, 5.74) is 5.64. The molecule has 0 radical (unpaired) electrons. The number of ether oxygens (including phenoxy) is 1. The third kappa shape index (κ3) is 3.34. The molecule has 2 N–H and O–H groups in total. The fraction of sp³-hybridized carbons (Fsp3) is 0.667. The zero-order valence-electron chi connectivity index (χ0n) is 10.5. The van der Waals surface area contributed by atoms with Gasteiger partial charge in [-0.25, -0.2) is 0 Å². The molecule has 0 aromatic carbocycles. The molecule has 6 heteroatoms. The van der Waals surface area contributed by atoms with E-state index in [0.29, 0.717) is 19.0 Å². The van der Waals surface area contributed by atoms with Crippen molar-refractivity contribution in [3.05, 3.63) is 18.5 Å². The smallest absolute Gasteiger partial charge is 0.191 e. The van der Waals surface area contributed by atoms with E-state index in [9.17, 15) is 0 Å². The Balaban J connectivity index is 1.87. The zero-order valence-corrected chi connectivity index (χ0v) is 11.4. The number of nitrogens with two attached hydrogens (primary N) is 1. The van der Waals surface area contributed by atoms with E-state index in [0.717, 1.165) is 29.9 Å². The van der Waals surface area contributed by atoms with E-state index in [4.69, 9.17) is 10.5 Å². The van der Waals surface area contributed by atoms with E-state index in [1.165, 1.54) is 12.8 Å². The number of thioether (sulfide) groups is 1. The summed E-state index contributed by atoms with van der Waals surface area (Å²) < 4.78 is 7.40. The molecule has 0 aliphatic carbocycles. The molecule has 18 heavy (non-hydrogen) atoms. The van der Waals surface area contributed by atoms with Gasteiger partial charge in [-0.3, -0.25) is 0 Å². The molecule has 1 aromatic heterocycles. The fourth-order valence-corrected chi connectivity index (χ4v) is 3.09. The van der Waals surface area contributed by atoms with E-state index in [-0.39, 0.29) is 0 Å². The first-order valence-electron chi connectivity index (χ1n) is 6.28. The van der Waals surface area contributed by atoms with Crippen molar-refractivity contribution < 1.29 is 4.74 Å². The Morgan fingerprint density at radius 2 is 2.44 bits per heavy atom. The van der Waals surface area contributed by atoms with Crippen molar-refractivity contribution in [1.29, 1.82) is 0 Å². The van der Waals surface area contributed by atoms with Crippen LogP contribution >= 0.6 is 11.8 Å². The highest BCUT2D eigenvalue weighted by Gasteiger charge is 2.16. The minimum Gasteiger partial charge on any atom is -0.381 e. The van der Waals surface area contributed by atoms with Gasteiger partial charge in [-0.15, -0.1) is 16.8 Å². The fourth-order valence-electron chi connectivity index (χ4n) is 2.02. The number of rotatable bonds is 7. The van der Waals surface area contributed by atoms with Crippen molar-refractivity contribution in [2.75, 3.05) is 19.0 Å². The molecule has 0 bridgehead atoms. The normalized spacial score (nSPS) is 19.3. The Kier molecular flexibility index (Phi) is 5.22. The van der Waals surface area contributed by atoms with Crippen LogP contribution in [0.3, 0.4) is 0 Å². The first kappa shape index (κ1) is 13.6. The molecule has 1 aliphatic heterocycles. The highest BCUT2D eigenvalue weighted by atomic mass is 32.2. The summed E-state index contributed by atoms with van der Waals surface area (Å²) in [7, 11) is 0. The molecule has 0 amide bonds. The third-order valence-corrected chi connectivity index (χ3v) is 4.07. The van der Waals surface area contributed by atoms with Crippen LogP contribution in [-0.4, -0.2) is 33.7 Å². The van der Waals surface area contributed by atoms with Crippen molar-refractivity contribution >= 4 is 11.8 Å². The SMILES string of the molecule is C=CCn1c(CN)nnc1SCC[C@@H]1CCOC1. The van der Waals surface area contributed by atoms with Crippen LogP contribution in [0.15, 0.2) is 17.8 Å². The highest BCUT2D eigenvalue weighted by Crippen LogP contribution is 2.23. The standard InChI is InChI=1S/C12H20N4OS/c1-2-5-16-11(8-13)14-15-12(16)18-7-4-10-3-6-17-9-10/h2,10H,1,3-9,13H2/t10-/m0/s1. The lowest BCUT2D eigenvalue weighted by molar-refractivity contribution is 0.185. The predicted molar refractivity (Wildman–Crippen MR) is 72.4 cm³/mol. The average Bonchev–Trinajstić information content (AvgIpc) is 3.00. The number of aromatic nitrogens is 3. The lowest BCUT2D eigenvalue weighted by Gasteiger charge is -2.08. The van der Waals surface area contributed by atoms with Crippen LogP contribution in [0.25, 0.3) is 0 Å². The van der Waals surface area contributed by atoms with Crippen molar-refractivity contribution in [1.82, 2.24) is 14.8 Å². The summed E-state index contributed by atoms with van der Waals surface area (Å²) in [6.45, 7) is 6.71. The summed E-state index contributed by atoms with van der Waals surface area (Å²) in [6.07, 6.45) is 4.20. The van der Waals surface area contributed by atoms with Crippen molar-refractivity contribution in [2.45, 2.75) is 31.1 Å². The molecule has 1 atom stereocenters. The Hall–Kier alpha value is -0.850. The van der Waals surface area contributed by atoms with E-state index in [1.807, 2.05) is 10.6 Å². The van der Waals surface area contributed by atoms with Gasteiger partial charge in [0.2, 0.25) is 0 Å². The van der Waals surface area contributed by atoms with Crippen LogP contribution in [-0.2, 0) is 17.8 Å². The number of allylic oxidation sites excluding steroid dienone is 1. The van der Waals surface area contributed by atoms with Gasteiger partial charge in [-0.2, -0.15) is 0 Å². The molecular formula is C12H20N4OS. The number of hydrogen-bond donors (Lipinski definition) is 1. The first-order chi connectivity index (χ1) is 8.85. The number of nitrogens with zero attached hydrogens (tertiary/aromatic N) is 3. The quantitative estimate of drug-likeness (QED) is 0.599. The van der Waals surface area contributed by atoms with Crippen LogP contribution < -0.4 is 5.73 Å². The van der Waals surface area contributed by atoms with Crippen molar-refractivity contribution in [3.8, 4) is 0 Å². The molecule has 1 aliphatic rings. The van der Waals surface area contributed by atoms with Gasteiger partial charge in [-0.1, -0.05) is 17.8 Å². The summed E-state index contributed by atoms with van der Waals surface area (Å²) in [5.74, 6) is 2.58. The Morgan fingerprint density at radius 3 is 3.11 bits per heavy atom. The lowest BCUT2D eigenvalue weighted by atomic mass is 10.1. The third-order valence-electron chi connectivity index (χ3n) is 3.07. The molecule has 0 spiro atoms. The highest BCUT2D eigenvalue weighted by molar-refractivity contribution is 7.99. The average molecular weight is 268 g/mol. The molecule has 0 unspecified atom stereocenters. The maximum absolute atomic E-state index is 5.64. The van der Waals surface area contributed by atoms with Gasteiger partial charge in [0.15, 0.2) is 5.16 Å². The summed E-state index contributed by atoms with van der Waals surface area (Å²) in [5, 5.41) is 9.22. The first-order valence-corrected chi connectivity index (χ1v) is 7.27. The zero-order chi connectivity index (χ0) is 12.8. The van der Waals surface area contributed by atoms with Gasteiger partial charge < -0.3 is 15.0 Å². The van der Waals surface area contributed by atoms with Crippen LogP contribution in [0.1, 0.15) is 18.7 Å². The molecule has 1 saturated heterocycles. The molecule has 1 aromatic rings. The Labute approximate surface area is 112 Å². The van der Waals surface area contributed by atoms with E-state index < -0.39 is 0 Å². The Morgan fingerprint density at radius 1 is 1.56 bits per heavy atom. The Bertz CT molecular complexity index is 387. The summed E-state index contributed by atoms with van der Waals surface area (Å²) >= 11 is 1.74.